The van der Waals surface area contributed by atoms with Crippen LogP contribution in [0.4, 0.5) is 13.2 Å². The summed E-state index contributed by atoms with van der Waals surface area (Å²) in [6.07, 6.45) is -2.40. The number of amides is 1. The second-order valence-corrected chi connectivity index (χ2v) is 5.71. The van der Waals surface area contributed by atoms with E-state index in [0.29, 0.717) is 25.1 Å². The van der Waals surface area contributed by atoms with E-state index in [1.165, 1.54) is 0 Å². The summed E-state index contributed by atoms with van der Waals surface area (Å²) < 4.78 is 37.6. The van der Waals surface area contributed by atoms with Gasteiger partial charge in [0.05, 0.1) is 17.7 Å². The third kappa shape index (κ3) is 4.59. The number of benzene rings is 1. The molecule has 0 N–H and O–H groups in total. The number of nitrogens with zero attached hydrogens (tertiary/aromatic N) is 3. The molecule has 1 aromatic carbocycles. The third-order valence-corrected chi connectivity index (χ3v) is 3.91. The molecule has 7 heteroatoms. The highest BCUT2D eigenvalue weighted by molar-refractivity contribution is 5.84. The molecule has 1 fully saturated rings. The topological polar surface area (TPSA) is 47.3 Å². The zero-order valence-corrected chi connectivity index (χ0v) is 13.1. The molecule has 0 spiro atoms. The number of likely N-dealkylation sites (tertiary alicyclic amines) is 1. The number of hydrogen-bond acceptors (Lipinski definition) is 3. The van der Waals surface area contributed by atoms with E-state index in [-0.39, 0.29) is 6.54 Å². The van der Waals surface area contributed by atoms with Crippen LogP contribution in [-0.4, -0.2) is 47.6 Å². The minimum absolute atomic E-state index is 0.101. The minimum atomic E-state index is -4.39. The van der Waals surface area contributed by atoms with Crippen molar-refractivity contribution in [1.29, 1.82) is 5.26 Å². The number of alkyl halides is 3. The van der Waals surface area contributed by atoms with Crippen LogP contribution >= 0.6 is 0 Å². The number of carbonyl (C=O) groups excluding carboxylic acids is 1. The SMILES string of the molecule is C=CCN(Cc1ccc(C#N)cc1)[C@H]1CCN(CC(F)(F)F)C1=O. The van der Waals surface area contributed by atoms with Crippen LogP contribution in [0.25, 0.3) is 0 Å². The molecule has 24 heavy (non-hydrogen) atoms. The van der Waals surface area contributed by atoms with Crippen LogP contribution in [-0.2, 0) is 11.3 Å². The van der Waals surface area contributed by atoms with Crippen LogP contribution in [0.2, 0.25) is 0 Å². The standard InChI is InChI=1S/C17H18F3N3O/c1-2-8-22(11-14-5-3-13(10-21)4-6-14)15-7-9-23(16(15)24)12-17(18,19)20/h2-6,15H,1,7-9,11-12H2/t15-/m0/s1. The van der Waals surface area contributed by atoms with E-state index in [1.807, 2.05) is 11.0 Å². The molecule has 128 valence electrons. The van der Waals surface area contributed by atoms with Crippen LogP contribution in [0.1, 0.15) is 17.5 Å². The van der Waals surface area contributed by atoms with Crippen LogP contribution < -0.4 is 0 Å². The molecule has 1 saturated heterocycles. The van der Waals surface area contributed by atoms with Gasteiger partial charge >= 0.3 is 6.18 Å². The number of halogens is 3. The largest absolute Gasteiger partial charge is 0.406 e. The summed E-state index contributed by atoms with van der Waals surface area (Å²) in [7, 11) is 0. The van der Waals surface area contributed by atoms with Gasteiger partial charge in [-0.2, -0.15) is 18.4 Å². The normalized spacial score (nSPS) is 18.0. The fraction of sp³-hybridized carbons (Fsp3) is 0.412. The molecule has 1 aliphatic rings. The Morgan fingerprint density at radius 1 is 1.38 bits per heavy atom. The summed E-state index contributed by atoms with van der Waals surface area (Å²) in [6, 6.07) is 8.35. The Bertz CT molecular complexity index is 634. The molecule has 1 heterocycles. The van der Waals surface area contributed by atoms with E-state index in [4.69, 9.17) is 5.26 Å². The molecule has 1 amide bonds. The Hall–Kier alpha value is -2.33. The van der Waals surface area contributed by atoms with Crippen molar-refractivity contribution in [2.45, 2.75) is 25.2 Å². The molecule has 0 aromatic heterocycles. The number of rotatable bonds is 6. The summed E-state index contributed by atoms with van der Waals surface area (Å²) >= 11 is 0. The van der Waals surface area contributed by atoms with E-state index >= 15 is 0 Å². The van der Waals surface area contributed by atoms with Crippen LogP contribution in [0.15, 0.2) is 36.9 Å². The Labute approximate surface area is 138 Å². The van der Waals surface area contributed by atoms with Gasteiger partial charge in [0.2, 0.25) is 5.91 Å². The van der Waals surface area contributed by atoms with Crippen molar-refractivity contribution in [2.75, 3.05) is 19.6 Å². The van der Waals surface area contributed by atoms with Gasteiger partial charge in [0.25, 0.3) is 0 Å². The molecule has 0 unspecified atom stereocenters. The Kier molecular flexibility index (Phi) is 5.62. The molecule has 0 aliphatic carbocycles. The van der Waals surface area contributed by atoms with Gasteiger partial charge in [0.1, 0.15) is 6.54 Å². The average molecular weight is 337 g/mol. The Morgan fingerprint density at radius 3 is 2.58 bits per heavy atom. The summed E-state index contributed by atoms with van der Waals surface area (Å²) in [5.74, 6) is -0.497. The molecular weight excluding hydrogens is 319 g/mol. The molecule has 0 saturated carbocycles. The van der Waals surface area contributed by atoms with Gasteiger partial charge in [-0.3, -0.25) is 9.69 Å². The van der Waals surface area contributed by atoms with Gasteiger partial charge < -0.3 is 4.90 Å². The maximum Gasteiger partial charge on any atom is 0.406 e. The maximum atomic E-state index is 12.5. The van der Waals surface area contributed by atoms with Crippen molar-refractivity contribution in [2.24, 2.45) is 0 Å². The lowest BCUT2D eigenvalue weighted by molar-refractivity contribution is -0.159. The summed E-state index contributed by atoms with van der Waals surface area (Å²) in [5, 5.41) is 8.81. The highest BCUT2D eigenvalue weighted by Crippen LogP contribution is 2.24. The van der Waals surface area contributed by atoms with Crippen molar-refractivity contribution in [1.82, 2.24) is 9.80 Å². The van der Waals surface area contributed by atoms with Crippen molar-refractivity contribution < 1.29 is 18.0 Å². The highest BCUT2D eigenvalue weighted by Gasteiger charge is 2.41. The summed E-state index contributed by atoms with van der Waals surface area (Å²) in [6.45, 7) is 3.36. The van der Waals surface area contributed by atoms with E-state index in [9.17, 15) is 18.0 Å². The second-order valence-electron chi connectivity index (χ2n) is 5.71. The molecule has 1 atom stereocenters. The lowest BCUT2D eigenvalue weighted by atomic mass is 10.1. The summed E-state index contributed by atoms with van der Waals surface area (Å²) in [4.78, 5) is 15.0. The van der Waals surface area contributed by atoms with Gasteiger partial charge in [0.15, 0.2) is 0 Å². The number of nitriles is 1. The number of hydrogen-bond donors (Lipinski definition) is 0. The molecule has 0 radical (unpaired) electrons. The van der Waals surface area contributed by atoms with Gasteiger partial charge in [0, 0.05) is 19.6 Å². The molecular formula is C17H18F3N3O. The van der Waals surface area contributed by atoms with E-state index in [2.05, 4.69) is 6.58 Å². The van der Waals surface area contributed by atoms with Crippen molar-refractivity contribution >= 4 is 5.91 Å². The molecule has 4 nitrogen and oxygen atoms in total. The third-order valence-electron chi connectivity index (χ3n) is 3.91. The van der Waals surface area contributed by atoms with Crippen molar-refractivity contribution in [3.05, 3.63) is 48.0 Å². The zero-order valence-electron chi connectivity index (χ0n) is 13.1. The first-order chi connectivity index (χ1) is 11.3. The second kappa shape index (κ2) is 7.49. The van der Waals surface area contributed by atoms with Crippen LogP contribution in [0.3, 0.4) is 0 Å². The highest BCUT2D eigenvalue weighted by atomic mass is 19.4. The van der Waals surface area contributed by atoms with E-state index < -0.39 is 24.7 Å². The Morgan fingerprint density at radius 2 is 2.04 bits per heavy atom. The fourth-order valence-corrected chi connectivity index (χ4v) is 2.82. The van der Waals surface area contributed by atoms with Crippen molar-refractivity contribution in [3.63, 3.8) is 0 Å². The van der Waals surface area contributed by atoms with Crippen molar-refractivity contribution in [3.8, 4) is 6.07 Å². The first-order valence-corrected chi connectivity index (χ1v) is 7.53. The predicted molar refractivity (Wildman–Crippen MR) is 82.8 cm³/mol. The van der Waals surface area contributed by atoms with Crippen LogP contribution in [0.5, 0.6) is 0 Å². The summed E-state index contributed by atoms with van der Waals surface area (Å²) in [5.41, 5.74) is 1.42. The molecule has 0 bridgehead atoms. The fourth-order valence-electron chi connectivity index (χ4n) is 2.82. The van der Waals surface area contributed by atoms with Crippen LogP contribution in [0, 0.1) is 11.3 Å². The monoisotopic (exact) mass is 337 g/mol. The molecule has 1 aliphatic heterocycles. The van der Waals surface area contributed by atoms with Gasteiger partial charge in [-0.1, -0.05) is 18.2 Å². The lowest BCUT2D eigenvalue weighted by Gasteiger charge is -2.27. The zero-order chi connectivity index (χ0) is 17.7. The van der Waals surface area contributed by atoms with Gasteiger partial charge in [-0.25, -0.2) is 0 Å². The first-order valence-electron chi connectivity index (χ1n) is 7.53. The van der Waals surface area contributed by atoms with Gasteiger partial charge in [-0.05, 0) is 24.1 Å². The quantitative estimate of drug-likeness (QED) is 0.750. The molecule has 2 rings (SSSR count). The minimum Gasteiger partial charge on any atom is -0.332 e. The average Bonchev–Trinajstić information content (AvgIpc) is 2.87. The van der Waals surface area contributed by atoms with Gasteiger partial charge in [-0.15, -0.1) is 6.58 Å². The lowest BCUT2D eigenvalue weighted by Crippen LogP contribution is -2.43. The predicted octanol–water partition coefficient (Wildman–Crippen LogP) is 2.71. The smallest absolute Gasteiger partial charge is 0.332 e. The van der Waals surface area contributed by atoms with E-state index in [1.54, 1.807) is 30.3 Å². The number of carbonyl (C=O) groups is 1. The van der Waals surface area contributed by atoms with E-state index in [0.717, 1.165) is 10.5 Å². The molecule has 1 aromatic rings. The first kappa shape index (κ1) is 18.0. The Balaban J connectivity index is 2.08. The maximum absolute atomic E-state index is 12.5.